The van der Waals surface area contributed by atoms with Crippen molar-refractivity contribution in [2.75, 3.05) is 13.2 Å². The van der Waals surface area contributed by atoms with E-state index in [4.69, 9.17) is 4.74 Å². The van der Waals surface area contributed by atoms with Crippen molar-refractivity contribution in [2.24, 2.45) is 0 Å². The van der Waals surface area contributed by atoms with Crippen LogP contribution in [0.1, 0.15) is 33.6 Å². The fourth-order valence-corrected chi connectivity index (χ4v) is 0.923. The van der Waals surface area contributed by atoms with Crippen LogP contribution in [0.25, 0.3) is 0 Å². The number of hydrogen-bond donors (Lipinski definition) is 1. The molecule has 1 N–H and O–H groups in total. The first-order valence-electron chi connectivity index (χ1n) is 5.16. The molecule has 0 aromatic heterocycles. The topological polar surface area (TPSA) is 21.3 Å². The first-order valence-corrected chi connectivity index (χ1v) is 5.16. The smallest absolute Gasteiger partial charge is 0.0671 e. The molecule has 2 nitrogen and oxygen atoms in total. The summed E-state index contributed by atoms with van der Waals surface area (Å²) in [7, 11) is 0. The number of nitrogens with one attached hydrogen (secondary N) is 1. The maximum Gasteiger partial charge on any atom is 0.0671 e. The summed E-state index contributed by atoms with van der Waals surface area (Å²) in [6, 6.07) is 0.588. The van der Waals surface area contributed by atoms with Crippen molar-refractivity contribution in [3.05, 3.63) is 12.7 Å². The van der Waals surface area contributed by atoms with Gasteiger partial charge in [0, 0.05) is 12.6 Å². The molecule has 0 saturated carbocycles. The third-order valence-corrected chi connectivity index (χ3v) is 2.09. The summed E-state index contributed by atoms with van der Waals surface area (Å²) in [4.78, 5) is 0. The van der Waals surface area contributed by atoms with E-state index in [2.05, 4.69) is 32.7 Å². The molecule has 2 unspecified atom stereocenters. The van der Waals surface area contributed by atoms with Crippen LogP contribution in [0.4, 0.5) is 0 Å². The van der Waals surface area contributed by atoms with Gasteiger partial charge in [-0.1, -0.05) is 13.0 Å². The van der Waals surface area contributed by atoms with Crippen LogP contribution in [0.5, 0.6) is 0 Å². The summed E-state index contributed by atoms with van der Waals surface area (Å²) < 4.78 is 5.54. The highest BCUT2D eigenvalue weighted by molar-refractivity contribution is 4.66. The molecule has 0 spiro atoms. The molecule has 0 fully saturated rings. The van der Waals surface area contributed by atoms with E-state index < -0.39 is 0 Å². The van der Waals surface area contributed by atoms with Gasteiger partial charge in [-0.05, 0) is 26.7 Å². The van der Waals surface area contributed by atoms with Crippen molar-refractivity contribution >= 4 is 0 Å². The molecule has 0 bridgehead atoms. The van der Waals surface area contributed by atoms with Gasteiger partial charge in [0.05, 0.1) is 12.7 Å². The lowest BCUT2D eigenvalue weighted by Gasteiger charge is -2.16. The largest absolute Gasteiger partial charge is 0.377 e. The minimum Gasteiger partial charge on any atom is -0.377 e. The van der Waals surface area contributed by atoms with Crippen molar-refractivity contribution in [3.63, 3.8) is 0 Å². The Morgan fingerprint density at radius 2 is 2.15 bits per heavy atom. The van der Waals surface area contributed by atoms with Crippen molar-refractivity contribution in [1.82, 2.24) is 5.32 Å². The summed E-state index contributed by atoms with van der Waals surface area (Å²) >= 11 is 0. The van der Waals surface area contributed by atoms with Crippen LogP contribution in [0.2, 0.25) is 0 Å². The summed E-state index contributed by atoms with van der Waals surface area (Å²) in [6.07, 6.45) is 4.29. The van der Waals surface area contributed by atoms with Gasteiger partial charge >= 0.3 is 0 Å². The van der Waals surface area contributed by atoms with E-state index in [0.717, 1.165) is 19.6 Å². The lowest BCUT2D eigenvalue weighted by atomic mass is 10.2. The SMILES string of the molecule is C=CCCOC(C)CNC(C)CC. The Kier molecular flexibility index (Phi) is 8.05. The molecule has 0 saturated heterocycles. The Labute approximate surface area is 82.4 Å². The van der Waals surface area contributed by atoms with E-state index >= 15 is 0 Å². The van der Waals surface area contributed by atoms with Gasteiger partial charge in [0.1, 0.15) is 0 Å². The second-order valence-electron chi connectivity index (χ2n) is 3.48. The highest BCUT2D eigenvalue weighted by Crippen LogP contribution is 1.94. The Bertz CT molecular complexity index is 125. The molecule has 78 valence electrons. The highest BCUT2D eigenvalue weighted by atomic mass is 16.5. The molecule has 0 aromatic rings. The van der Waals surface area contributed by atoms with Crippen LogP contribution in [0.15, 0.2) is 12.7 Å². The predicted octanol–water partition coefficient (Wildman–Crippen LogP) is 2.36. The van der Waals surface area contributed by atoms with Crippen molar-refractivity contribution in [3.8, 4) is 0 Å². The lowest BCUT2D eigenvalue weighted by Crippen LogP contribution is -2.33. The van der Waals surface area contributed by atoms with Crippen LogP contribution >= 0.6 is 0 Å². The van der Waals surface area contributed by atoms with Gasteiger partial charge in [-0.25, -0.2) is 0 Å². The number of rotatable bonds is 8. The highest BCUT2D eigenvalue weighted by Gasteiger charge is 2.03. The molecule has 0 aliphatic heterocycles. The third-order valence-electron chi connectivity index (χ3n) is 2.09. The molecule has 0 aliphatic carbocycles. The second kappa shape index (κ2) is 8.27. The van der Waals surface area contributed by atoms with E-state index in [0.29, 0.717) is 12.1 Å². The van der Waals surface area contributed by atoms with Crippen molar-refractivity contribution in [2.45, 2.75) is 45.8 Å². The zero-order valence-electron chi connectivity index (χ0n) is 9.18. The minimum absolute atomic E-state index is 0.300. The maximum atomic E-state index is 5.54. The number of hydrogen-bond acceptors (Lipinski definition) is 2. The molecular formula is C11H23NO. The molecule has 2 atom stereocenters. The summed E-state index contributed by atoms with van der Waals surface area (Å²) in [5.74, 6) is 0. The summed E-state index contributed by atoms with van der Waals surface area (Å²) in [5.41, 5.74) is 0. The molecule has 0 rings (SSSR count). The Hall–Kier alpha value is -0.340. The molecular weight excluding hydrogens is 162 g/mol. The van der Waals surface area contributed by atoms with Crippen LogP contribution in [0.3, 0.4) is 0 Å². The molecule has 2 heteroatoms. The standard InChI is InChI=1S/C11H23NO/c1-5-7-8-13-11(4)9-12-10(3)6-2/h5,10-12H,1,6-9H2,2-4H3. The zero-order valence-corrected chi connectivity index (χ0v) is 9.18. The number of ether oxygens (including phenoxy) is 1. The van der Waals surface area contributed by atoms with Crippen molar-refractivity contribution < 1.29 is 4.74 Å². The Morgan fingerprint density at radius 1 is 1.46 bits per heavy atom. The minimum atomic E-state index is 0.300. The maximum absolute atomic E-state index is 5.54. The summed E-state index contributed by atoms with van der Waals surface area (Å²) in [6.45, 7) is 11.8. The molecule has 0 heterocycles. The monoisotopic (exact) mass is 185 g/mol. The van der Waals surface area contributed by atoms with E-state index in [9.17, 15) is 0 Å². The zero-order chi connectivity index (χ0) is 10.1. The first-order chi connectivity index (χ1) is 6.20. The van der Waals surface area contributed by atoms with Crippen LogP contribution in [-0.2, 0) is 4.74 Å². The third kappa shape index (κ3) is 8.00. The van der Waals surface area contributed by atoms with Crippen molar-refractivity contribution in [1.29, 1.82) is 0 Å². The van der Waals surface area contributed by atoms with E-state index in [1.165, 1.54) is 6.42 Å². The quantitative estimate of drug-likeness (QED) is 0.463. The first kappa shape index (κ1) is 12.7. The fourth-order valence-electron chi connectivity index (χ4n) is 0.923. The normalized spacial score (nSPS) is 15.3. The van der Waals surface area contributed by atoms with Gasteiger partial charge in [0.25, 0.3) is 0 Å². The molecule has 0 aliphatic rings. The molecule has 0 aromatic carbocycles. The van der Waals surface area contributed by atoms with Gasteiger partial charge in [-0.3, -0.25) is 0 Å². The second-order valence-corrected chi connectivity index (χ2v) is 3.48. The molecule has 0 radical (unpaired) electrons. The van der Waals surface area contributed by atoms with E-state index in [1.807, 2.05) is 6.08 Å². The van der Waals surface area contributed by atoms with Gasteiger partial charge < -0.3 is 10.1 Å². The predicted molar refractivity (Wildman–Crippen MR) is 58.0 cm³/mol. The van der Waals surface area contributed by atoms with E-state index in [1.54, 1.807) is 0 Å². The average molecular weight is 185 g/mol. The van der Waals surface area contributed by atoms with Crippen LogP contribution < -0.4 is 5.32 Å². The fraction of sp³-hybridized carbons (Fsp3) is 0.818. The summed E-state index contributed by atoms with van der Waals surface area (Å²) in [5, 5.41) is 3.41. The Balaban J connectivity index is 3.28. The van der Waals surface area contributed by atoms with Gasteiger partial charge in [-0.15, -0.1) is 6.58 Å². The lowest BCUT2D eigenvalue weighted by molar-refractivity contribution is 0.0676. The molecule has 0 amide bonds. The van der Waals surface area contributed by atoms with E-state index in [-0.39, 0.29) is 0 Å². The molecule has 13 heavy (non-hydrogen) atoms. The van der Waals surface area contributed by atoms with Gasteiger partial charge in [0.15, 0.2) is 0 Å². The van der Waals surface area contributed by atoms with Gasteiger partial charge in [-0.2, -0.15) is 0 Å². The average Bonchev–Trinajstić information content (AvgIpc) is 2.14. The Morgan fingerprint density at radius 3 is 2.69 bits per heavy atom. The van der Waals surface area contributed by atoms with Crippen LogP contribution in [0, 0.1) is 0 Å². The van der Waals surface area contributed by atoms with Crippen LogP contribution in [-0.4, -0.2) is 25.3 Å². The van der Waals surface area contributed by atoms with Gasteiger partial charge in [0.2, 0.25) is 0 Å².